The molecule has 88 valence electrons. The van der Waals surface area contributed by atoms with E-state index in [0.29, 0.717) is 6.04 Å². The molecule has 1 rings (SSSR count). The van der Waals surface area contributed by atoms with Gasteiger partial charge in [0.25, 0.3) is 0 Å². The predicted molar refractivity (Wildman–Crippen MR) is 57.9 cm³/mol. The summed E-state index contributed by atoms with van der Waals surface area (Å²) in [5.74, 6) is -0.734. The lowest BCUT2D eigenvalue weighted by molar-refractivity contribution is -0.139. The number of rotatable bonds is 5. The zero-order chi connectivity index (χ0) is 11.3. The van der Waals surface area contributed by atoms with E-state index in [9.17, 15) is 4.79 Å². The summed E-state index contributed by atoms with van der Waals surface area (Å²) in [4.78, 5) is 12.8. The minimum Gasteiger partial charge on any atom is -0.480 e. The van der Waals surface area contributed by atoms with E-state index in [1.54, 1.807) is 0 Å². The van der Waals surface area contributed by atoms with Gasteiger partial charge >= 0.3 is 5.97 Å². The van der Waals surface area contributed by atoms with Crippen molar-refractivity contribution in [3.05, 3.63) is 0 Å². The van der Waals surface area contributed by atoms with Crippen LogP contribution in [0.3, 0.4) is 0 Å². The Hall–Kier alpha value is -0.610. The van der Waals surface area contributed by atoms with Gasteiger partial charge < -0.3 is 9.84 Å². The molecule has 0 aromatic rings. The van der Waals surface area contributed by atoms with Crippen molar-refractivity contribution in [2.75, 3.05) is 19.7 Å². The van der Waals surface area contributed by atoms with Crippen molar-refractivity contribution >= 4 is 5.97 Å². The number of hydrogen-bond donors (Lipinski definition) is 1. The predicted octanol–water partition coefficient (Wildman–Crippen LogP) is 1.35. The molecule has 0 spiro atoms. The minimum absolute atomic E-state index is 0.158. The molecule has 1 aliphatic heterocycles. The van der Waals surface area contributed by atoms with Crippen molar-refractivity contribution < 1.29 is 14.6 Å². The second kappa shape index (κ2) is 6.08. The first-order valence-electron chi connectivity index (χ1n) is 5.71. The van der Waals surface area contributed by atoms with Gasteiger partial charge in [-0.15, -0.1) is 0 Å². The molecule has 0 amide bonds. The first kappa shape index (κ1) is 12.5. The van der Waals surface area contributed by atoms with Crippen molar-refractivity contribution in [1.82, 2.24) is 4.90 Å². The second-order valence-electron chi connectivity index (χ2n) is 4.22. The molecule has 1 saturated heterocycles. The highest BCUT2D eigenvalue weighted by Crippen LogP contribution is 2.19. The largest absolute Gasteiger partial charge is 0.480 e. The second-order valence-corrected chi connectivity index (χ2v) is 4.22. The topological polar surface area (TPSA) is 49.8 Å². The zero-order valence-electron chi connectivity index (χ0n) is 9.61. The van der Waals surface area contributed by atoms with Gasteiger partial charge in [-0.25, -0.2) is 0 Å². The minimum atomic E-state index is -0.734. The Bertz CT molecular complexity index is 208. The Morgan fingerprint density at radius 1 is 1.60 bits per heavy atom. The molecule has 0 saturated carbocycles. The molecular weight excluding hydrogens is 194 g/mol. The van der Waals surface area contributed by atoms with Gasteiger partial charge in [-0.2, -0.15) is 0 Å². The van der Waals surface area contributed by atoms with Crippen molar-refractivity contribution in [2.45, 2.75) is 45.3 Å². The molecule has 2 atom stereocenters. The van der Waals surface area contributed by atoms with Crippen LogP contribution in [-0.2, 0) is 9.53 Å². The number of nitrogens with zero attached hydrogens (tertiary/aromatic N) is 1. The summed E-state index contributed by atoms with van der Waals surface area (Å²) in [6, 6.07) is 0.379. The van der Waals surface area contributed by atoms with Crippen molar-refractivity contribution in [3.63, 3.8) is 0 Å². The molecule has 0 radical (unpaired) electrons. The van der Waals surface area contributed by atoms with Crippen LogP contribution < -0.4 is 0 Å². The fourth-order valence-electron chi connectivity index (χ4n) is 2.16. The van der Waals surface area contributed by atoms with E-state index in [1.165, 1.54) is 0 Å². The number of carboxylic acids is 1. The maximum absolute atomic E-state index is 10.7. The lowest BCUT2D eigenvalue weighted by atomic mass is 10.0. The Kier molecular flexibility index (Phi) is 5.05. The average molecular weight is 215 g/mol. The molecule has 0 aliphatic carbocycles. The number of carbonyl (C=O) groups is 1. The lowest BCUT2D eigenvalue weighted by Crippen LogP contribution is -2.44. The summed E-state index contributed by atoms with van der Waals surface area (Å²) < 4.78 is 5.47. The number of carboxylic acid groups (broad SMARTS) is 1. The van der Waals surface area contributed by atoms with Gasteiger partial charge in [0.05, 0.1) is 12.6 Å². The Balaban J connectivity index is 2.49. The van der Waals surface area contributed by atoms with Gasteiger partial charge in [0.2, 0.25) is 0 Å². The zero-order valence-corrected chi connectivity index (χ0v) is 9.61. The molecule has 2 unspecified atom stereocenters. The first-order chi connectivity index (χ1) is 7.13. The third-order valence-corrected chi connectivity index (χ3v) is 2.82. The van der Waals surface area contributed by atoms with E-state index in [-0.39, 0.29) is 12.6 Å². The lowest BCUT2D eigenvalue weighted by Gasteiger charge is -2.35. The third kappa shape index (κ3) is 4.18. The fraction of sp³-hybridized carbons (Fsp3) is 0.909. The van der Waals surface area contributed by atoms with Gasteiger partial charge in [-0.3, -0.25) is 9.69 Å². The van der Waals surface area contributed by atoms with Crippen LogP contribution in [0.25, 0.3) is 0 Å². The van der Waals surface area contributed by atoms with Crippen LogP contribution >= 0.6 is 0 Å². The molecule has 4 heteroatoms. The summed E-state index contributed by atoms with van der Waals surface area (Å²) in [5.41, 5.74) is 0. The SMILES string of the molecule is CCCN(CC(=O)O)C1CCOC(C)C1. The number of aliphatic carboxylic acids is 1. The van der Waals surface area contributed by atoms with Gasteiger partial charge in [-0.05, 0) is 32.7 Å². The summed E-state index contributed by atoms with van der Waals surface area (Å²) in [5, 5.41) is 8.83. The maximum Gasteiger partial charge on any atom is 0.317 e. The molecule has 1 fully saturated rings. The van der Waals surface area contributed by atoms with Crippen LogP contribution in [0.2, 0.25) is 0 Å². The Morgan fingerprint density at radius 2 is 2.33 bits per heavy atom. The summed E-state index contributed by atoms with van der Waals surface area (Å²) in [7, 11) is 0. The normalized spacial score (nSPS) is 26.9. The van der Waals surface area contributed by atoms with Crippen molar-refractivity contribution in [2.24, 2.45) is 0 Å². The van der Waals surface area contributed by atoms with E-state index in [2.05, 4.69) is 18.7 Å². The van der Waals surface area contributed by atoms with Gasteiger partial charge in [-0.1, -0.05) is 6.92 Å². The summed E-state index contributed by atoms with van der Waals surface area (Å²) in [6.07, 6.45) is 3.17. The quantitative estimate of drug-likeness (QED) is 0.752. The number of hydrogen-bond acceptors (Lipinski definition) is 3. The maximum atomic E-state index is 10.7. The highest BCUT2D eigenvalue weighted by Gasteiger charge is 2.25. The van der Waals surface area contributed by atoms with Crippen LogP contribution in [0.4, 0.5) is 0 Å². The van der Waals surface area contributed by atoms with Gasteiger partial charge in [0.1, 0.15) is 0 Å². The molecule has 1 N–H and O–H groups in total. The summed E-state index contributed by atoms with van der Waals surface area (Å²) >= 11 is 0. The van der Waals surface area contributed by atoms with Gasteiger partial charge in [0.15, 0.2) is 0 Å². The third-order valence-electron chi connectivity index (χ3n) is 2.82. The van der Waals surface area contributed by atoms with E-state index < -0.39 is 5.97 Å². The Morgan fingerprint density at radius 3 is 2.87 bits per heavy atom. The molecule has 4 nitrogen and oxygen atoms in total. The van der Waals surface area contributed by atoms with Crippen LogP contribution in [0.1, 0.15) is 33.1 Å². The van der Waals surface area contributed by atoms with E-state index in [1.807, 2.05) is 0 Å². The molecular formula is C11H21NO3. The van der Waals surface area contributed by atoms with E-state index in [0.717, 1.165) is 32.4 Å². The molecule has 0 aromatic heterocycles. The standard InChI is InChI=1S/C11H21NO3/c1-3-5-12(8-11(13)14)10-4-6-15-9(2)7-10/h9-10H,3-8H2,1-2H3,(H,13,14). The van der Waals surface area contributed by atoms with Crippen molar-refractivity contribution in [1.29, 1.82) is 0 Å². The highest BCUT2D eigenvalue weighted by molar-refractivity contribution is 5.69. The van der Waals surface area contributed by atoms with Gasteiger partial charge in [0, 0.05) is 12.6 Å². The Labute approximate surface area is 91.2 Å². The van der Waals surface area contributed by atoms with E-state index >= 15 is 0 Å². The molecule has 0 bridgehead atoms. The van der Waals surface area contributed by atoms with Crippen molar-refractivity contribution in [3.8, 4) is 0 Å². The van der Waals surface area contributed by atoms with E-state index in [4.69, 9.17) is 9.84 Å². The average Bonchev–Trinajstić information content (AvgIpc) is 2.16. The molecule has 15 heavy (non-hydrogen) atoms. The number of ether oxygens (including phenoxy) is 1. The van der Waals surface area contributed by atoms with Crippen LogP contribution in [0, 0.1) is 0 Å². The molecule has 1 aliphatic rings. The van der Waals surface area contributed by atoms with Crippen LogP contribution in [-0.4, -0.2) is 47.8 Å². The monoisotopic (exact) mass is 215 g/mol. The van der Waals surface area contributed by atoms with Crippen LogP contribution in [0.5, 0.6) is 0 Å². The molecule has 1 heterocycles. The highest BCUT2D eigenvalue weighted by atomic mass is 16.5. The first-order valence-corrected chi connectivity index (χ1v) is 5.71. The smallest absolute Gasteiger partial charge is 0.317 e. The van der Waals surface area contributed by atoms with Crippen LogP contribution in [0.15, 0.2) is 0 Å². The summed E-state index contributed by atoms with van der Waals surface area (Å²) in [6.45, 7) is 5.91. The fourth-order valence-corrected chi connectivity index (χ4v) is 2.16. The molecule has 0 aromatic carbocycles.